The quantitative estimate of drug-likeness (QED) is 0.434. The third kappa shape index (κ3) is 4.30. The lowest BCUT2D eigenvalue weighted by Gasteiger charge is -2.32. The predicted molar refractivity (Wildman–Crippen MR) is 124 cm³/mol. The summed E-state index contributed by atoms with van der Waals surface area (Å²) in [5.41, 5.74) is 2.18. The van der Waals surface area contributed by atoms with Crippen LogP contribution in [0, 0.1) is 17.2 Å². The first-order chi connectivity index (χ1) is 16.6. The fraction of sp³-hybridized carbons (Fsp3) is 0.280. The second-order valence-electron chi connectivity index (χ2n) is 8.35. The maximum Gasteiger partial charge on any atom is 0.266 e. The summed E-state index contributed by atoms with van der Waals surface area (Å²) in [5.74, 6) is 1.22. The Bertz CT molecular complexity index is 1290. The molecule has 0 N–H and O–H groups in total. The first-order valence-corrected chi connectivity index (χ1v) is 11.2. The van der Waals surface area contributed by atoms with E-state index in [2.05, 4.69) is 16.2 Å². The van der Waals surface area contributed by atoms with Crippen molar-refractivity contribution in [2.24, 2.45) is 5.92 Å². The molecule has 172 valence electrons. The molecular weight excluding hydrogens is 432 g/mol. The number of nitrogens with zero attached hydrogens (tertiary/aromatic N) is 6. The van der Waals surface area contributed by atoms with Gasteiger partial charge in [0.15, 0.2) is 5.76 Å². The Hall–Kier alpha value is -4.32. The molecule has 0 atom stereocenters. The highest BCUT2D eigenvalue weighted by Crippen LogP contribution is 2.31. The van der Waals surface area contributed by atoms with E-state index in [1.54, 1.807) is 23.2 Å². The Morgan fingerprint density at radius 1 is 1.21 bits per heavy atom. The predicted octanol–water partition coefficient (Wildman–Crippen LogP) is 3.87. The highest BCUT2D eigenvalue weighted by Gasteiger charge is 2.30. The van der Waals surface area contributed by atoms with Gasteiger partial charge >= 0.3 is 0 Å². The molecule has 5 rings (SSSR count). The van der Waals surface area contributed by atoms with Gasteiger partial charge in [-0.05, 0) is 37.1 Å². The molecule has 1 amide bonds. The number of hydrogen-bond donors (Lipinski definition) is 0. The fourth-order valence-corrected chi connectivity index (χ4v) is 4.26. The van der Waals surface area contributed by atoms with Crippen molar-refractivity contribution in [3.8, 4) is 23.4 Å². The molecule has 1 aliphatic rings. The van der Waals surface area contributed by atoms with Crippen LogP contribution < -0.4 is 4.90 Å². The molecule has 34 heavy (non-hydrogen) atoms. The second kappa shape index (κ2) is 9.27. The van der Waals surface area contributed by atoms with Gasteiger partial charge in [0.1, 0.15) is 6.07 Å². The van der Waals surface area contributed by atoms with E-state index in [0.29, 0.717) is 44.1 Å². The van der Waals surface area contributed by atoms with Gasteiger partial charge in [-0.1, -0.05) is 18.2 Å². The van der Waals surface area contributed by atoms with Gasteiger partial charge in [-0.2, -0.15) is 15.3 Å². The molecule has 0 bridgehead atoms. The number of para-hydroxylation sites is 1. The lowest BCUT2D eigenvalue weighted by Crippen LogP contribution is -2.41. The van der Waals surface area contributed by atoms with Crippen molar-refractivity contribution in [1.29, 1.82) is 5.26 Å². The van der Waals surface area contributed by atoms with Crippen molar-refractivity contribution in [3.63, 3.8) is 0 Å². The van der Waals surface area contributed by atoms with Gasteiger partial charge < -0.3 is 18.6 Å². The summed E-state index contributed by atoms with van der Waals surface area (Å²) in [5, 5.41) is 13.9. The molecule has 0 radical (unpaired) electrons. The molecule has 0 aliphatic carbocycles. The molecule has 0 unspecified atom stereocenters. The summed E-state index contributed by atoms with van der Waals surface area (Å²) in [7, 11) is 1.83. The molecule has 1 saturated heterocycles. The summed E-state index contributed by atoms with van der Waals surface area (Å²) in [4.78, 5) is 21.1. The van der Waals surface area contributed by atoms with E-state index in [0.717, 1.165) is 11.3 Å². The minimum absolute atomic E-state index is 0.0802. The largest absolute Gasteiger partial charge is 0.459 e. The molecular formula is C25H24N6O3. The summed E-state index contributed by atoms with van der Waals surface area (Å²) in [6.45, 7) is 1.72. The van der Waals surface area contributed by atoms with Crippen LogP contribution in [0.1, 0.15) is 24.1 Å². The van der Waals surface area contributed by atoms with E-state index in [1.807, 2.05) is 53.2 Å². The SMILES string of the molecule is CN(Cc1cnn(-c2ccccc2)c1)C(=O)C1CCN(c2oc(-c3ccco3)nc2C#N)CC1. The lowest BCUT2D eigenvalue weighted by molar-refractivity contribution is -0.135. The number of carbonyl (C=O) groups excluding carboxylic acids is 1. The van der Waals surface area contributed by atoms with E-state index in [4.69, 9.17) is 8.83 Å². The number of nitriles is 1. The van der Waals surface area contributed by atoms with Gasteiger partial charge in [0.2, 0.25) is 17.5 Å². The van der Waals surface area contributed by atoms with E-state index < -0.39 is 0 Å². The van der Waals surface area contributed by atoms with Crippen LogP contribution in [0.25, 0.3) is 17.3 Å². The van der Waals surface area contributed by atoms with Crippen LogP contribution in [0.5, 0.6) is 0 Å². The molecule has 0 spiro atoms. The summed E-state index contributed by atoms with van der Waals surface area (Å²) in [6.07, 6.45) is 6.63. The Balaban J connectivity index is 1.19. The summed E-state index contributed by atoms with van der Waals surface area (Å²) >= 11 is 0. The number of anilines is 1. The molecule has 9 heteroatoms. The average Bonchev–Trinajstić information content (AvgIpc) is 3.65. The average molecular weight is 457 g/mol. The van der Waals surface area contributed by atoms with Crippen molar-refractivity contribution in [2.75, 3.05) is 25.0 Å². The molecule has 1 aliphatic heterocycles. The second-order valence-corrected chi connectivity index (χ2v) is 8.35. The molecule has 3 aromatic heterocycles. The van der Waals surface area contributed by atoms with Crippen LogP contribution in [0.15, 0.2) is 70.0 Å². The van der Waals surface area contributed by atoms with E-state index in [-0.39, 0.29) is 23.4 Å². The summed E-state index contributed by atoms with van der Waals surface area (Å²) < 4.78 is 13.0. The van der Waals surface area contributed by atoms with Crippen LogP contribution >= 0.6 is 0 Å². The zero-order chi connectivity index (χ0) is 23.5. The smallest absolute Gasteiger partial charge is 0.266 e. The third-order valence-corrected chi connectivity index (χ3v) is 6.03. The van der Waals surface area contributed by atoms with Crippen LogP contribution in [0.3, 0.4) is 0 Å². The number of carbonyl (C=O) groups is 1. The van der Waals surface area contributed by atoms with Gasteiger partial charge in [-0.25, -0.2) is 4.68 Å². The van der Waals surface area contributed by atoms with Gasteiger partial charge in [0.05, 0.1) is 18.1 Å². The van der Waals surface area contributed by atoms with Crippen LogP contribution in [-0.4, -0.2) is 45.7 Å². The van der Waals surface area contributed by atoms with Crippen molar-refractivity contribution in [2.45, 2.75) is 19.4 Å². The molecule has 1 fully saturated rings. The number of aromatic nitrogens is 3. The number of oxazole rings is 1. The van der Waals surface area contributed by atoms with E-state index in [1.165, 1.54) is 6.26 Å². The highest BCUT2D eigenvalue weighted by atomic mass is 16.4. The highest BCUT2D eigenvalue weighted by molar-refractivity contribution is 5.79. The lowest BCUT2D eigenvalue weighted by atomic mass is 9.95. The monoisotopic (exact) mass is 456 g/mol. The Kier molecular flexibility index (Phi) is 5.87. The number of piperidine rings is 1. The fourth-order valence-electron chi connectivity index (χ4n) is 4.26. The number of rotatable bonds is 6. The minimum Gasteiger partial charge on any atom is -0.459 e. The molecule has 4 aromatic rings. The van der Waals surface area contributed by atoms with Gasteiger partial charge in [-0.15, -0.1) is 0 Å². The third-order valence-electron chi connectivity index (χ3n) is 6.03. The maximum absolute atomic E-state index is 13.1. The molecule has 0 saturated carbocycles. The summed E-state index contributed by atoms with van der Waals surface area (Å²) in [6, 6.07) is 15.5. The zero-order valence-corrected chi connectivity index (χ0v) is 18.8. The van der Waals surface area contributed by atoms with Gasteiger partial charge in [0.25, 0.3) is 5.89 Å². The van der Waals surface area contributed by atoms with E-state index >= 15 is 0 Å². The Morgan fingerprint density at radius 3 is 2.71 bits per heavy atom. The molecule has 4 heterocycles. The molecule has 9 nitrogen and oxygen atoms in total. The van der Waals surface area contributed by atoms with Crippen LogP contribution in [0.2, 0.25) is 0 Å². The first-order valence-electron chi connectivity index (χ1n) is 11.2. The van der Waals surface area contributed by atoms with Crippen LogP contribution in [-0.2, 0) is 11.3 Å². The van der Waals surface area contributed by atoms with Crippen LogP contribution in [0.4, 0.5) is 5.88 Å². The number of furan rings is 1. The first kappa shape index (κ1) is 21.5. The number of benzene rings is 1. The topological polar surface area (TPSA) is 104 Å². The Labute approximate surface area is 196 Å². The van der Waals surface area contributed by atoms with Gasteiger partial charge in [-0.3, -0.25) is 4.79 Å². The number of amides is 1. The van der Waals surface area contributed by atoms with Crippen molar-refractivity contribution in [1.82, 2.24) is 19.7 Å². The van der Waals surface area contributed by atoms with E-state index in [9.17, 15) is 10.1 Å². The van der Waals surface area contributed by atoms with Crippen molar-refractivity contribution in [3.05, 3.63) is 72.4 Å². The molecule has 1 aromatic carbocycles. The normalized spacial score (nSPS) is 14.2. The van der Waals surface area contributed by atoms with Crippen molar-refractivity contribution >= 4 is 11.8 Å². The zero-order valence-electron chi connectivity index (χ0n) is 18.8. The standard InChI is InChI=1S/C25H24N6O3/c1-29(16-18-15-27-31(17-18)20-6-3-2-4-7-20)24(32)19-9-11-30(12-10-19)25-21(14-26)28-23(34-25)22-8-5-13-33-22/h2-8,13,15,17,19H,9-12,16H2,1H3. The minimum atomic E-state index is -0.0802. The van der Waals surface area contributed by atoms with Crippen molar-refractivity contribution < 1.29 is 13.6 Å². The maximum atomic E-state index is 13.1. The van der Waals surface area contributed by atoms with Gasteiger partial charge in [0, 0.05) is 44.4 Å². The number of hydrogen-bond acceptors (Lipinski definition) is 7. The Morgan fingerprint density at radius 2 is 2.00 bits per heavy atom.